The summed E-state index contributed by atoms with van der Waals surface area (Å²) in [6.45, 7) is 2.17. The quantitative estimate of drug-likeness (QED) is 0.630. The molecule has 0 saturated carbocycles. The first-order chi connectivity index (χ1) is 5.40. The number of benzene rings is 1. The fourth-order valence-corrected chi connectivity index (χ4v) is 1.78. The Morgan fingerprint density at radius 3 is 3.18 bits per heavy atom. The number of hydrogen-bond acceptors (Lipinski definition) is 2. The predicted molar refractivity (Wildman–Crippen MR) is 49.0 cm³/mol. The van der Waals surface area contributed by atoms with E-state index in [1.165, 1.54) is 22.5 Å². The molecule has 2 heteroatoms. The Balaban J connectivity index is 2.67. The standard InChI is InChI=1S/C9H9NS/c1-2-7-3-4-9-8(5-7)6-11-10-9/h3-6H,2H2,1H3. The molecule has 56 valence electrons. The molecule has 1 heterocycles. The van der Waals surface area contributed by atoms with Crippen LogP contribution in [0.1, 0.15) is 12.5 Å². The Kier molecular flexibility index (Phi) is 1.62. The van der Waals surface area contributed by atoms with Gasteiger partial charge >= 0.3 is 0 Å². The highest BCUT2D eigenvalue weighted by Gasteiger charge is 1.95. The van der Waals surface area contributed by atoms with Crippen molar-refractivity contribution in [2.24, 2.45) is 0 Å². The van der Waals surface area contributed by atoms with E-state index in [-0.39, 0.29) is 0 Å². The summed E-state index contributed by atoms with van der Waals surface area (Å²) in [7, 11) is 0. The summed E-state index contributed by atoms with van der Waals surface area (Å²) in [4.78, 5) is 0. The molecule has 0 aliphatic carbocycles. The van der Waals surface area contributed by atoms with Gasteiger partial charge in [-0.05, 0) is 35.6 Å². The third kappa shape index (κ3) is 1.14. The molecule has 0 unspecified atom stereocenters. The maximum absolute atomic E-state index is 4.24. The van der Waals surface area contributed by atoms with Gasteiger partial charge in [0.1, 0.15) is 0 Å². The highest BCUT2D eigenvalue weighted by atomic mass is 32.1. The summed E-state index contributed by atoms with van der Waals surface area (Å²) in [6, 6.07) is 6.44. The Morgan fingerprint density at radius 1 is 1.45 bits per heavy atom. The van der Waals surface area contributed by atoms with Crippen molar-refractivity contribution in [3.8, 4) is 0 Å². The normalized spacial score (nSPS) is 10.6. The van der Waals surface area contributed by atoms with E-state index < -0.39 is 0 Å². The number of aryl methyl sites for hydroxylation is 1. The van der Waals surface area contributed by atoms with Crippen LogP contribution in [0.25, 0.3) is 10.9 Å². The van der Waals surface area contributed by atoms with Crippen LogP contribution in [0.15, 0.2) is 23.6 Å². The summed E-state index contributed by atoms with van der Waals surface area (Å²) in [5, 5.41) is 3.36. The number of rotatable bonds is 1. The minimum Gasteiger partial charge on any atom is -0.193 e. The van der Waals surface area contributed by atoms with Crippen molar-refractivity contribution in [1.29, 1.82) is 0 Å². The smallest absolute Gasteiger partial charge is 0.0840 e. The molecule has 2 rings (SSSR count). The molecule has 0 spiro atoms. The average molecular weight is 163 g/mol. The molecule has 1 aromatic heterocycles. The van der Waals surface area contributed by atoms with Gasteiger partial charge in [-0.3, -0.25) is 0 Å². The third-order valence-corrected chi connectivity index (χ3v) is 2.49. The van der Waals surface area contributed by atoms with Gasteiger partial charge in [-0.15, -0.1) is 0 Å². The lowest BCUT2D eigenvalue weighted by molar-refractivity contribution is 1.15. The Labute approximate surface area is 69.8 Å². The van der Waals surface area contributed by atoms with E-state index in [1.54, 1.807) is 0 Å². The zero-order chi connectivity index (χ0) is 7.68. The van der Waals surface area contributed by atoms with Crippen molar-refractivity contribution >= 4 is 22.4 Å². The minimum absolute atomic E-state index is 1.10. The van der Waals surface area contributed by atoms with Gasteiger partial charge in [0.05, 0.1) is 5.52 Å². The molecule has 0 fully saturated rings. The van der Waals surface area contributed by atoms with Gasteiger partial charge in [0, 0.05) is 10.8 Å². The first kappa shape index (κ1) is 6.80. The largest absolute Gasteiger partial charge is 0.193 e. The zero-order valence-electron chi connectivity index (χ0n) is 6.37. The van der Waals surface area contributed by atoms with E-state index in [1.807, 2.05) is 0 Å². The number of nitrogens with zero attached hydrogens (tertiary/aromatic N) is 1. The summed E-state index contributed by atoms with van der Waals surface area (Å²) < 4.78 is 4.24. The van der Waals surface area contributed by atoms with E-state index in [0.717, 1.165) is 11.9 Å². The maximum Gasteiger partial charge on any atom is 0.0840 e. The number of hydrogen-bond donors (Lipinski definition) is 0. The van der Waals surface area contributed by atoms with E-state index in [9.17, 15) is 0 Å². The lowest BCUT2D eigenvalue weighted by Crippen LogP contribution is -1.77. The molecule has 1 nitrogen and oxygen atoms in total. The number of aromatic nitrogens is 1. The van der Waals surface area contributed by atoms with Crippen molar-refractivity contribution < 1.29 is 0 Å². The van der Waals surface area contributed by atoms with Crippen molar-refractivity contribution in [1.82, 2.24) is 4.37 Å². The van der Waals surface area contributed by atoms with Crippen LogP contribution < -0.4 is 0 Å². The monoisotopic (exact) mass is 163 g/mol. The highest BCUT2D eigenvalue weighted by molar-refractivity contribution is 7.04. The van der Waals surface area contributed by atoms with E-state index in [2.05, 4.69) is 34.9 Å². The molecule has 0 amide bonds. The van der Waals surface area contributed by atoms with Crippen LogP contribution in [0, 0.1) is 0 Å². The Morgan fingerprint density at radius 2 is 2.36 bits per heavy atom. The molecule has 0 atom stereocenters. The van der Waals surface area contributed by atoms with Crippen LogP contribution in [0.5, 0.6) is 0 Å². The third-order valence-electron chi connectivity index (χ3n) is 1.83. The summed E-state index contributed by atoms with van der Waals surface area (Å²) in [6.07, 6.45) is 1.10. The topological polar surface area (TPSA) is 12.9 Å². The first-order valence-corrected chi connectivity index (χ1v) is 4.57. The molecule has 0 aliphatic heterocycles. The molecule has 0 N–H and O–H groups in total. The van der Waals surface area contributed by atoms with Gasteiger partial charge in [-0.25, -0.2) is 0 Å². The van der Waals surface area contributed by atoms with Crippen molar-refractivity contribution in [3.05, 3.63) is 29.1 Å². The van der Waals surface area contributed by atoms with Crippen LogP contribution >= 0.6 is 11.5 Å². The van der Waals surface area contributed by atoms with E-state index in [4.69, 9.17) is 0 Å². The van der Waals surface area contributed by atoms with Gasteiger partial charge in [0.25, 0.3) is 0 Å². The summed E-state index contributed by atoms with van der Waals surface area (Å²) in [5.74, 6) is 0. The predicted octanol–water partition coefficient (Wildman–Crippen LogP) is 2.86. The molecular formula is C9H9NS. The maximum atomic E-state index is 4.24. The second-order valence-electron chi connectivity index (χ2n) is 2.56. The molecule has 2 aromatic rings. The molecule has 0 saturated heterocycles. The Hall–Kier alpha value is -0.890. The highest BCUT2D eigenvalue weighted by Crippen LogP contribution is 2.16. The van der Waals surface area contributed by atoms with Crippen LogP contribution in [-0.2, 0) is 6.42 Å². The fraction of sp³-hybridized carbons (Fsp3) is 0.222. The van der Waals surface area contributed by atoms with E-state index >= 15 is 0 Å². The van der Waals surface area contributed by atoms with Crippen molar-refractivity contribution in [2.75, 3.05) is 0 Å². The zero-order valence-corrected chi connectivity index (χ0v) is 7.19. The number of fused-ring (bicyclic) bond motifs is 1. The van der Waals surface area contributed by atoms with Crippen molar-refractivity contribution in [3.63, 3.8) is 0 Å². The first-order valence-electron chi connectivity index (χ1n) is 3.73. The molecule has 0 aliphatic rings. The molecule has 0 radical (unpaired) electrons. The molecule has 1 aromatic carbocycles. The van der Waals surface area contributed by atoms with Gasteiger partial charge in [0.2, 0.25) is 0 Å². The van der Waals surface area contributed by atoms with Crippen LogP contribution in [0.3, 0.4) is 0 Å². The SMILES string of the molecule is CCc1ccc2nscc2c1. The van der Waals surface area contributed by atoms with Gasteiger partial charge in [0.15, 0.2) is 0 Å². The second kappa shape index (κ2) is 2.62. The van der Waals surface area contributed by atoms with E-state index in [0.29, 0.717) is 0 Å². The minimum atomic E-state index is 1.10. The Bertz CT molecular complexity index is 364. The van der Waals surface area contributed by atoms with Crippen LogP contribution in [0.4, 0.5) is 0 Å². The second-order valence-corrected chi connectivity index (χ2v) is 3.19. The molecule has 11 heavy (non-hydrogen) atoms. The summed E-state index contributed by atoms with van der Waals surface area (Å²) >= 11 is 1.52. The fourth-order valence-electron chi connectivity index (χ4n) is 1.14. The van der Waals surface area contributed by atoms with Gasteiger partial charge < -0.3 is 0 Å². The van der Waals surface area contributed by atoms with Crippen LogP contribution in [-0.4, -0.2) is 4.37 Å². The molecule has 0 bridgehead atoms. The van der Waals surface area contributed by atoms with Crippen molar-refractivity contribution in [2.45, 2.75) is 13.3 Å². The lowest BCUT2D eigenvalue weighted by Gasteiger charge is -1.93. The van der Waals surface area contributed by atoms with Gasteiger partial charge in [-0.2, -0.15) is 4.37 Å². The lowest BCUT2D eigenvalue weighted by atomic mass is 10.1. The van der Waals surface area contributed by atoms with Crippen LogP contribution in [0.2, 0.25) is 0 Å². The van der Waals surface area contributed by atoms with Gasteiger partial charge in [-0.1, -0.05) is 13.0 Å². The molecular weight excluding hydrogens is 154 g/mol. The average Bonchev–Trinajstić information content (AvgIpc) is 2.50. The summed E-state index contributed by atoms with van der Waals surface area (Å²) in [5.41, 5.74) is 2.50.